The number of benzene rings is 1. The molecule has 6 nitrogen and oxygen atoms in total. The van der Waals surface area contributed by atoms with Crippen molar-refractivity contribution in [3.05, 3.63) is 68.6 Å². The second-order valence-corrected chi connectivity index (χ2v) is 7.15. The minimum absolute atomic E-state index is 0.131. The van der Waals surface area contributed by atoms with Gasteiger partial charge in [0, 0.05) is 9.90 Å². The van der Waals surface area contributed by atoms with Gasteiger partial charge in [-0.25, -0.2) is 4.68 Å². The van der Waals surface area contributed by atoms with Gasteiger partial charge in [-0.2, -0.15) is 0 Å². The fourth-order valence-corrected chi connectivity index (χ4v) is 3.50. The van der Waals surface area contributed by atoms with E-state index in [0.717, 1.165) is 10.4 Å². The van der Waals surface area contributed by atoms with E-state index in [0.29, 0.717) is 36.1 Å². The van der Waals surface area contributed by atoms with Gasteiger partial charge >= 0.3 is 0 Å². The maximum atomic E-state index is 12.4. The van der Waals surface area contributed by atoms with Gasteiger partial charge in [0.2, 0.25) is 0 Å². The van der Waals surface area contributed by atoms with E-state index in [1.807, 2.05) is 41.8 Å². The fraction of sp³-hybridized carbons (Fsp3) is 0.235. The maximum Gasteiger partial charge on any atom is 0.274 e. The Bertz CT molecular complexity index is 877. The van der Waals surface area contributed by atoms with Crippen LogP contribution >= 0.6 is 22.9 Å². The van der Waals surface area contributed by atoms with Crippen LogP contribution in [0.5, 0.6) is 0 Å². The molecule has 3 aromatic rings. The zero-order chi connectivity index (χ0) is 17.2. The Morgan fingerprint density at radius 3 is 2.96 bits per heavy atom. The molecule has 4 rings (SSSR count). The van der Waals surface area contributed by atoms with E-state index < -0.39 is 0 Å². The molecule has 1 amide bonds. The lowest BCUT2D eigenvalue weighted by Crippen LogP contribution is -2.27. The van der Waals surface area contributed by atoms with Crippen LogP contribution in [0.15, 0.2) is 41.8 Å². The largest absolute Gasteiger partial charge is 0.365 e. The van der Waals surface area contributed by atoms with Crippen LogP contribution in [0.2, 0.25) is 5.02 Å². The molecule has 0 unspecified atom stereocenters. The average molecular weight is 375 g/mol. The smallest absolute Gasteiger partial charge is 0.274 e. The number of halogens is 1. The van der Waals surface area contributed by atoms with Crippen molar-refractivity contribution in [3.8, 4) is 0 Å². The van der Waals surface area contributed by atoms with E-state index in [-0.39, 0.29) is 12.0 Å². The average Bonchev–Trinajstić information content (AvgIpc) is 3.29. The van der Waals surface area contributed by atoms with Crippen molar-refractivity contribution in [2.75, 3.05) is 0 Å². The third-order valence-corrected chi connectivity index (χ3v) is 5.19. The molecule has 0 spiro atoms. The number of hydrogen-bond acceptors (Lipinski definition) is 5. The molecule has 8 heteroatoms. The summed E-state index contributed by atoms with van der Waals surface area (Å²) < 4.78 is 7.65. The van der Waals surface area contributed by atoms with Crippen LogP contribution in [0.4, 0.5) is 0 Å². The van der Waals surface area contributed by atoms with Crippen molar-refractivity contribution in [2.24, 2.45) is 0 Å². The number of amides is 1. The molecule has 3 heterocycles. The molecule has 1 aliphatic heterocycles. The Balaban J connectivity index is 1.46. The van der Waals surface area contributed by atoms with E-state index >= 15 is 0 Å². The summed E-state index contributed by atoms with van der Waals surface area (Å²) >= 11 is 7.52. The monoisotopic (exact) mass is 374 g/mol. The Morgan fingerprint density at radius 2 is 2.20 bits per heavy atom. The molecule has 1 atom stereocenters. The van der Waals surface area contributed by atoms with Crippen molar-refractivity contribution in [1.29, 1.82) is 0 Å². The van der Waals surface area contributed by atoms with Gasteiger partial charge in [0.15, 0.2) is 5.69 Å². The Hall–Kier alpha value is -2.22. The van der Waals surface area contributed by atoms with Crippen molar-refractivity contribution in [1.82, 2.24) is 20.3 Å². The van der Waals surface area contributed by atoms with Gasteiger partial charge in [0.05, 0.1) is 25.4 Å². The first-order chi connectivity index (χ1) is 12.2. The first-order valence-electron chi connectivity index (χ1n) is 7.81. The molecule has 25 heavy (non-hydrogen) atoms. The third kappa shape index (κ3) is 3.44. The lowest BCUT2D eigenvalue weighted by molar-refractivity contribution is -0.00176. The topological polar surface area (TPSA) is 69.0 Å². The number of fused-ring (bicyclic) bond motifs is 1. The molecule has 0 saturated heterocycles. The van der Waals surface area contributed by atoms with E-state index in [1.54, 1.807) is 16.0 Å². The second-order valence-electron chi connectivity index (χ2n) is 5.68. The number of hydrogen-bond donors (Lipinski definition) is 1. The molecule has 0 aliphatic carbocycles. The standard InChI is InChI=1S/C17H15ClN4O2S/c18-12-5-3-11(4-6-12)15-9-22-14(10-24-15)16(20-21-22)17(23)19-8-13-2-1-7-25-13/h1-7,15H,8-10H2,(H,19,23)/t15-/m0/s1. The first kappa shape index (κ1) is 16.3. The maximum absolute atomic E-state index is 12.4. The predicted molar refractivity (Wildman–Crippen MR) is 94.5 cm³/mol. The summed E-state index contributed by atoms with van der Waals surface area (Å²) in [6.07, 6.45) is -0.131. The summed E-state index contributed by atoms with van der Waals surface area (Å²) in [5, 5.41) is 13.7. The number of nitrogens with one attached hydrogen (secondary N) is 1. The molecular formula is C17H15ClN4O2S. The molecule has 0 radical (unpaired) electrons. The van der Waals surface area contributed by atoms with Crippen molar-refractivity contribution in [2.45, 2.75) is 25.8 Å². The van der Waals surface area contributed by atoms with Crippen LogP contribution in [-0.4, -0.2) is 20.9 Å². The zero-order valence-corrected chi connectivity index (χ0v) is 14.8. The molecule has 128 valence electrons. The molecule has 0 saturated carbocycles. The van der Waals surface area contributed by atoms with Gasteiger partial charge in [-0.05, 0) is 29.1 Å². The van der Waals surface area contributed by atoms with Crippen LogP contribution < -0.4 is 5.32 Å². The van der Waals surface area contributed by atoms with Crippen LogP contribution in [0.25, 0.3) is 0 Å². The van der Waals surface area contributed by atoms with Gasteiger partial charge in [-0.15, -0.1) is 16.4 Å². The Kier molecular flexibility index (Phi) is 4.52. The number of aromatic nitrogens is 3. The molecule has 1 aromatic carbocycles. The third-order valence-electron chi connectivity index (χ3n) is 4.06. The van der Waals surface area contributed by atoms with E-state index in [1.165, 1.54) is 0 Å². The molecular weight excluding hydrogens is 360 g/mol. The van der Waals surface area contributed by atoms with Gasteiger partial charge in [0.25, 0.3) is 5.91 Å². The van der Waals surface area contributed by atoms with Crippen LogP contribution in [0.3, 0.4) is 0 Å². The molecule has 0 bridgehead atoms. The second kappa shape index (κ2) is 6.95. The quantitative estimate of drug-likeness (QED) is 0.761. The van der Waals surface area contributed by atoms with Gasteiger partial charge < -0.3 is 10.1 Å². The predicted octanol–water partition coefficient (Wildman–Crippen LogP) is 3.19. The summed E-state index contributed by atoms with van der Waals surface area (Å²) in [6, 6.07) is 11.5. The number of rotatable bonds is 4. The van der Waals surface area contributed by atoms with Crippen LogP contribution in [-0.2, 0) is 24.4 Å². The number of carbonyl (C=O) groups excluding carboxylic acids is 1. The highest BCUT2D eigenvalue weighted by atomic mass is 35.5. The Morgan fingerprint density at radius 1 is 1.36 bits per heavy atom. The fourth-order valence-electron chi connectivity index (χ4n) is 2.73. The van der Waals surface area contributed by atoms with Crippen molar-refractivity contribution >= 4 is 28.8 Å². The van der Waals surface area contributed by atoms with Crippen molar-refractivity contribution in [3.63, 3.8) is 0 Å². The number of nitrogens with zero attached hydrogens (tertiary/aromatic N) is 3. The van der Waals surface area contributed by atoms with Gasteiger partial charge in [-0.3, -0.25) is 4.79 Å². The van der Waals surface area contributed by atoms with Gasteiger partial charge in [0.1, 0.15) is 6.10 Å². The highest BCUT2D eigenvalue weighted by molar-refractivity contribution is 7.09. The van der Waals surface area contributed by atoms with Gasteiger partial charge in [-0.1, -0.05) is 35.0 Å². The highest BCUT2D eigenvalue weighted by Crippen LogP contribution is 2.27. The van der Waals surface area contributed by atoms with E-state index in [2.05, 4.69) is 15.6 Å². The molecule has 1 N–H and O–H groups in total. The van der Waals surface area contributed by atoms with Crippen molar-refractivity contribution < 1.29 is 9.53 Å². The SMILES string of the molecule is O=C(NCc1cccs1)c1nnn2c1CO[C@H](c1ccc(Cl)cc1)C2. The minimum atomic E-state index is -0.233. The summed E-state index contributed by atoms with van der Waals surface area (Å²) in [6.45, 7) is 1.29. The lowest BCUT2D eigenvalue weighted by Gasteiger charge is -2.24. The summed E-state index contributed by atoms with van der Waals surface area (Å²) in [4.78, 5) is 13.5. The summed E-state index contributed by atoms with van der Waals surface area (Å²) in [7, 11) is 0. The molecule has 0 fully saturated rings. The van der Waals surface area contributed by atoms with E-state index in [9.17, 15) is 4.79 Å². The lowest BCUT2D eigenvalue weighted by atomic mass is 10.1. The summed E-state index contributed by atoms with van der Waals surface area (Å²) in [5.74, 6) is -0.233. The van der Waals surface area contributed by atoms with Crippen LogP contribution in [0, 0.1) is 0 Å². The zero-order valence-electron chi connectivity index (χ0n) is 13.2. The number of thiophene rings is 1. The summed E-state index contributed by atoms with van der Waals surface area (Å²) in [5.41, 5.74) is 2.05. The molecule has 2 aromatic heterocycles. The number of ether oxygens (including phenoxy) is 1. The van der Waals surface area contributed by atoms with E-state index in [4.69, 9.17) is 16.3 Å². The van der Waals surface area contributed by atoms with Crippen LogP contribution in [0.1, 0.15) is 32.7 Å². The normalized spacial score (nSPS) is 16.4. The Labute approximate surface area is 153 Å². The first-order valence-corrected chi connectivity index (χ1v) is 9.06. The minimum Gasteiger partial charge on any atom is -0.365 e. The number of carbonyl (C=O) groups is 1. The molecule has 1 aliphatic rings. The highest BCUT2D eigenvalue weighted by Gasteiger charge is 2.27.